The molecule has 0 spiro atoms. The van der Waals surface area contributed by atoms with Crippen LogP contribution in [0.15, 0.2) is 48.5 Å². The zero-order chi connectivity index (χ0) is 22.0. The summed E-state index contributed by atoms with van der Waals surface area (Å²) in [5.74, 6) is 0. The van der Waals surface area contributed by atoms with Crippen LogP contribution in [0.1, 0.15) is 77.6 Å². The summed E-state index contributed by atoms with van der Waals surface area (Å²) in [7, 11) is 0. The van der Waals surface area contributed by atoms with E-state index in [9.17, 15) is 20.4 Å². The first kappa shape index (κ1) is 24.3. The molecule has 0 aliphatic heterocycles. The van der Waals surface area contributed by atoms with Crippen LogP contribution in [0.25, 0.3) is 0 Å². The molecule has 4 heteroatoms. The van der Waals surface area contributed by atoms with Crippen molar-refractivity contribution in [2.45, 2.75) is 77.8 Å². The average molecular weight is 389 g/mol. The maximum Gasteiger partial charge on any atom is 0.0840 e. The van der Waals surface area contributed by atoms with Gasteiger partial charge in [-0.2, -0.15) is 0 Å². The zero-order valence-electron chi connectivity index (χ0n) is 18.4. The summed E-state index contributed by atoms with van der Waals surface area (Å²) < 4.78 is 0. The van der Waals surface area contributed by atoms with Crippen molar-refractivity contribution in [1.29, 1.82) is 0 Å². The predicted octanol–water partition coefficient (Wildman–Crippen LogP) is 4.28. The fourth-order valence-corrected chi connectivity index (χ4v) is 2.57. The maximum absolute atomic E-state index is 9.80. The summed E-state index contributed by atoms with van der Waals surface area (Å²) in [5.41, 5.74) is -0.0241. The van der Waals surface area contributed by atoms with Crippen LogP contribution in [0.3, 0.4) is 0 Å². The zero-order valence-corrected chi connectivity index (χ0v) is 18.4. The number of aliphatic hydroxyl groups is 4. The standard InChI is InChI=1S/2C12H18O2/c1-11(2,13)9-5-7-10(8-6-9)12(3,4)14;1-11(2,13)9-6-5-7-10(8-9)12(3,4)14/h2*5-8,13-14H,1-4H3. The molecule has 0 bridgehead atoms. The van der Waals surface area contributed by atoms with Gasteiger partial charge < -0.3 is 20.4 Å². The third-order valence-corrected chi connectivity index (χ3v) is 4.57. The lowest BCUT2D eigenvalue weighted by atomic mass is 9.91. The Morgan fingerprint density at radius 2 is 0.679 bits per heavy atom. The fourth-order valence-electron chi connectivity index (χ4n) is 2.57. The average Bonchev–Trinajstić information content (AvgIpc) is 2.52. The van der Waals surface area contributed by atoms with E-state index in [1.165, 1.54) is 0 Å². The number of hydrogen-bond acceptors (Lipinski definition) is 4. The Labute approximate surface area is 169 Å². The van der Waals surface area contributed by atoms with Crippen molar-refractivity contribution in [1.82, 2.24) is 0 Å². The van der Waals surface area contributed by atoms with E-state index in [0.29, 0.717) is 0 Å². The molecule has 4 nitrogen and oxygen atoms in total. The summed E-state index contributed by atoms with van der Waals surface area (Å²) in [6.45, 7) is 13.9. The molecule has 0 saturated heterocycles. The fraction of sp³-hybridized carbons (Fsp3) is 0.500. The van der Waals surface area contributed by atoms with Crippen LogP contribution in [-0.2, 0) is 22.4 Å². The van der Waals surface area contributed by atoms with Gasteiger partial charge in [-0.15, -0.1) is 0 Å². The molecule has 28 heavy (non-hydrogen) atoms. The molecule has 0 fully saturated rings. The molecule has 2 aromatic rings. The number of hydrogen-bond donors (Lipinski definition) is 4. The lowest BCUT2D eigenvalue weighted by Gasteiger charge is -2.22. The van der Waals surface area contributed by atoms with E-state index in [4.69, 9.17) is 0 Å². The van der Waals surface area contributed by atoms with Crippen molar-refractivity contribution in [3.05, 3.63) is 70.8 Å². The summed E-state index contributed by atoms with van der Waals surface area (Å²) in [6, 6.07) is 14.8. The van der Waals surface area contributed by atoms with Crippen LogP contribution in [0.5, 0.6) is 0 Å². The highest BCUT2D eigenvalue weighted by Gasteiger charge is 2.21. The molecule has 156 valence electrons. The summed E-state index contributed by atoms with van der Waals surface area (Å²) in [4.78, 5) is 0. The molecule has 0 unspecified atom stereocenters. The Hall–Kier alpha value is -1.72. The molecule has 4 N–H and O–H groups in total. The van der Waals surface area contributed by atoms with Crippen molar-refractivity contribution in [2.75, 3.05) is 0 Å². The third-order valence-electron chi connectivity index (χ3n) is 4.57. The molecule has 0 aliphatic rings. The van der Waals surface area contributed by atoms with Crippen LogP contribution >= 0.6 is 0 Å². The minimum atomic E-state index is -0.860. The van der Waals surface area contributed by atoms with Gasteiger partial charge >= 0.3 is 0 Å². The number of rotatable bonds is 4. The topological polar surface area (TPSA) is 80.9 Å². The van der Waals surface area contributed by atoms with Crippen LogP contribution in [0.2, 0.25) is 0 Å². The van der Waals surface area contributed by atoms with E-state index >= 15 is 0 Å². The van der Waals surface area contributed by atoms with E-state index in [-0.39, 0.29) is 0 Å². The van der Waals surface area contributed by atoms with Gasteiger partial charge in [-0.05, 0) is 77.6 Å². The monoisotopic (exact) mass is 388 g/mol. The van der Waals surface area contributed by atoms with Crippen molar-refractivity contribution in [3.8, 4) is 0 Å². The Morgan fingerprint density at radius 3 is 0.893 bits per heavy atom. The van der Waals surface area contributed by atoms with E-state index in [1.807, 2.05) is 48.5 Å². The quantitative estimate of drug-likeness (QED) is 0.630. The van der Waals surface area contributed by atoms with Gasteiger partial charge in [-0.1, -0.05) is 48.5 Å². The van der Waals surface area contributed by atoms with E-state index in [0.717, 1.165) is 22.3 Å². The Balaban J connectivity index is 0.000000280. The van der Waals surface area contributed by atoms with Crippen LogP contribution < -0.4 is 0 Å². The lowest BCUT2D eigenvalue weighted by Crippen LogP contribution is -2.19. The minimum absolute atomic E-state index is 0.817. The molecule has 0 heterocycles. The van der Waals surface area contributed by atoms with Gasteiger partial charge in [0.1, 0.15) is 0 Å². The molecule has 0 amide bonds. The lowest BCUT2D eigenvalue weighted by molar-refractivity contribution is 0.0717. The smallest absolute Gasteiger partial charge is 0.0840 e. The second-order valence-electron chi connectivity index (χ2n) is 9.39. The van der Waals surface area contributed by atoms with E-state index < -0.39 is 22.4 Å². The largest absolute Gasteiger partial charge is 0.386 e. The van der Waals surface area contributed by atoms with Gasteiger partial charge in [0.2, 0.25) is 0 Å². The molecule has 0 atom stereocenters. The molecule has 2 aromatic carbocycles. The van der Waals surface area contributed by atoms with Gasteiger partial charge in [0.15, 0.2) is 0 Å². The molecule has 0 saturated carbocycles. The summed E-state index contributed by atoms with van der Waals surface area (Å²) in [6.07, 6.45) is 0. The van der Waals surface area contributed by atoms with Crippen molar-refractivity contribution in [3.63, 3.8) is 0 Å². The van der Waals surface area contributed by atoms with E-state index in [1.54, 1.807) is 55.4 Å². The maximum atomic E-state index is 9.80. The van der Waals surface area contributed by atoms with Gasteiger partial charge in [-0.3, -0.25) is 0 Å². The van der Waals surface area contributed by atoms with Crippen LogP contribution in [0, 0.1) is 0 Å². The van der Waals surface area contributed by atoms with Crippen LogP contribution in [-0.4, -0.2) is 20.4 Å². The first-order chi connectivity index (χ1) is 12.4. The molecular formula is C24H36O4. The highest BCUT2D eigenvalue weighted by atomic mass is 16.3. The SMILES string of the molecule is CC(C)(O)c1ccc(C(C)(C)O)cc1.CC(C)(O)c1cccc(C(C)(C)O)c1. The molecule has 0 aromatic heterocycles. The van der Waals surface area contributed by atoms with Gasteiger partial charge in [0.25, 0.3) is 0 Å². The molecular weight excluding hydrogens is 352 g/mol. The second-order valence-corrected chi connectivity index (χ2v) is 9.39. The van der Waals surface area contributed by atoms with Crippen LogP contribution in [0.4, 0.5) is 0 Å². The summed E-state index contributed by atoms with van der Waals surface area (Å²) in [5, 5.41) is 39.0. The highest BCUT2D eigenvalue weighted by Crippen LogP contribution is 2.26. The molecule has 0 radical (unpaired) electrons. The minimum Gasteiger partial charge on any atom is -0.386 e. The van der Waals surface area contributed by atoms with E-state index in [2.05, 4.69) is 0 Å². The number of benzene rings is 2. The predicted molar refractivity (Wildman–Crippen MR) is 114 cm³/mol. The van der Waals surface area contributed by atoms with Gasteiger partial charge in [-0.25, -0.2) is 0 Å². The third kappa shape index (κ3) is 7.36. The molecule has 0 aliphatic carbocycles. The van der Waals surface area contributed by atoms with Gasteiger partial charge in [0, 0.05) is 0 Å². The molecule has 2 rings (SSSR count). The van der Waals surface area contributed by atoms with Crippen molar-refractivity contribution >= 4 is 0 Å². The highest BCUT2D eigenvalue weighted by molar-refractivity contribution is 5.30. The first-order valence-electron chi connectivity index (χ1n) is 9.54. The van der Waals surface area contributed by atoms with Crippen molar-refractivity contribution in [2.24, 2.45) is 0 Å². The Morgan fingerprint density at radius 1 is 0.429 bits per heavy atom. The Kier molecular flexibility index (Phi) is 7.24. The van der Waals surface area contributed by atoms with Crippen molar-refractivity contribution < 1.29 is 20.4 Å². The summed E-state index contributed by atoms with van der Waals surface area (Å²) >= 11 is 0. The Bertz CT molecular complexity index is 687. The first-order valence-corrected chi connectivity index (χ1v) is 9.54. The van der Waals surface area contributed by atoms with Gasteiger partial charge in [0.05, 0.1) is 22.4 Å². The normalized spacial score (nSPS) is 13.0. The second kappa shape index (κ2) is 8.34.